The number of nitrogens with one attached hydrogen (secondary N) is 1. The van der Waals surface area contributed by atoms with Crippen LogP contribution in [0, 0.1) is 18.8 Å². The summed E-state index contributed by atoms with van der Waals surface area (Å²) in [6.45, 7) is 7.92. The van der Waals surface area contributed by atoms with Gasteiger partial charge in [-0.15, -0.1) is 0 Å². The molecule has 2 atom stereocenters. The molecule has 0 saturated carbocycles. The summed E-state index contributed by atoms with van der Waals surface area (Å²) in [6.07, 6.45) is 1.19. The quantitative estimate of drug-likeness (QED) is 0.779. The van der Waals surface area contributed by atoms with Crippen LogP contribution in [-0.4, -0.2) is 13.6 Å². The van der Waals surface area contributed by atoms with Gasteiger partial charge in [0.05, 0.1) is 0 Å². The van der Waals surface area contributed by atoms with Gasteiger partial charge in [-0.2, -0.15) is 0 Å². The summed E-state index contributed by atoms with van der Waals surface area (Å²) >= 11 is 0. The van der Waals surface area contributed by atoms with Gasteiger partial charge in [-0.25, -0.2) is 0 Å². The third-order valence-corrected chi connectivity index (χ3v) is 3.14. The molecule has 1 nitrogen and oxygen atoms in total. The SMILES string of the molecule is CNCC(C)C(C)Cc1cccc(C)c1. The van der Waals surface area contributed by atoms with Crippen molar-refractivity contribution in [3.05, 3.63) is 35.4 Å². The number of hydrogen-bond acceptors (Lipinski definition) is 1. The van der Waals surface area contributed by atoms with E-state index < -0.39 is 0 Å². The second kappa shape index (κ2) is 5.92. The van der Waals surface area contributed by atoms with E-state index in [1.807, 2.05) is 7.05 Å². The zero-order valence-corrected chi connectivity index (χ0v) is 10.4. The highest BCUT2D eigenvalue weighted by Gasteiger charge is 2.11. The highest BCUT2D eigenvalue weighted by molar-refractivity contribution is 5.22. The van der Waals surface area contributed by atoms with Crippen LogP contribution in [0.5, 0.6) is 0 Å². The van der Waals surface area contributed by atoms with Crippen molar-refractivity contribution < 1.29 is 0 Å². The van der Waals surface area contributed by atoms with E-state index in [0.717, 1.165) is 18.4 Å². The van der Waals surface area contributed by atoms with Crippen LogP contribution in [-0.2, 0) is 6.42 Å². The van der Waals surface area contributed by atoms with Gasteiger partial charge in [-0.05, 0) is 44.3 Å². The largest absolute Gasteiger partial charge is 0.319 e. The predicted molar refractivity (Wildman–Crippen MR) is 67.1 cm³/mol. The standard InChI is InChI=1S/C14H23N/c1-11-6-5-7-14(8-11)9-12(2)13(3)10-15-4/h5-8,12-13,15H,9-10H2,1-4H3. The van der Waals surface area contributed by atoms with Crippen molar-refractivity contribution in [1.29, 1.82) is 0 Å². The zero-order valence-electron chi connectivity index (χ0n) is 10.4. The molecule has 0 aliphatic carbocycles. The molecule has 1 heteroatoms. The Morgan fingerprint density at radius 1 is 1.20 bits per heavy atom. The summed E-state index contributed by atoms with van der Waals surface area (Å²) < 4.78 is 0. The Bertz CT molecular complexity index is 293. The molecule has 0 aliphatic rings. The summed E-state index contributed by atoms with van der Waals surface area (Å²) in [5.74, 6) is 1.47. The molecule has 0 spiro atoms. The van der Waals surface area contributed by atoms with E-state index in [4.69, 9.17) is 0 Å². The highest BCUT2D eigenvalue weighted by atomic mass is 14.8. The summed E-state index contributed by atoms with van der Waals surface area (Å²) in [6, 6.07) is 8.84. The fourth-order valence-corrected chi connectivity index (χ4v) is 1.94. The zero-order chi connectivity index (χ0) is 11.3. The van der Waals surface area contributed by atoms with Crippen molar-refractivity contribution in [2.45, 2.75) is 27.2 Å². The van der Waals surface area contributed by atoms with Crippen LogP contribution in [0.2, 0.25) is 0 Å². The summed E-state index contributed by atoms with van der Waals surface area (Å²) in [5.41, 5.74) is 2.83. The molecule has 1 rings (SSSR count). The Morgan fingerprint density at radius 3 is 2.53 bits per heavy atom. The minimum atomic E-state index is 0.732. The number of benzene rings is 1. The van der Waals surface area contributed by atoms with Gasteiger partial charge in [0.2, 0.25) is 0 Å². The first-order chi connectivity index (χ1) is 7.13. The smallest absolute Gasteiger partial charge is 0.00235 e. The molecule has 1 aromatic carbocycles. The van der Waals surface area contributed by atoms with Gasteiger partial charge in [0.15, 0.2) is 0 Å². The third-order valence-electron chi connectivity index (χ3n) is 3.14. The molecule has 15 heavy (non-hydrogen) atoms. The minimum absolute atomic E-state index is 0.732. The number of hydrogen-bond donors (Lipinski definition) is 1. The van der Waals surface area contributed by atoms with Crippen LogP contribution >= 0.6 is 0 Å². The number of rotatable bonds is 5. The Hall–Kier alpha value is -0.820. The second-order valence-corrected chi connectivity index (χ2v) is 4.71. The first kappa shape index (κ1) is 12.3. The Kier molecular flexibility index (Phi) is 4.83. The van der Waals surface area contributed by atoms with Crippen molar-refractivity contribution in [3.63, 3.8) is 0 Å². The van der Waals surface area contributed by atoms with Crippen molar-refractivity contribution in [3.8, 4) is 0 Å². The summed E-state index contributed by atoms with van der Waals surface area (Å²) in [5, 5.41) is 3.25. The van der Waals surface area contributed by atoms with Gasteiger partial charge in [0, 0.05) is 0 Å². The van der Waals surface area contributed by atoms with Gasteiger partial charge in [-0.1, -0.05) is 43.7 Å². The minimum Gasteiger partial charge on any atom is -0.319 e. The molecule has 1 aromatic rings. The van der Waals surface area contributed by atoms with E-state index in [9.17, 15) is 0 Å². The second-order valence-electron chi connectivity index (χ2n) is 4.71. The lowest BCUT2D eigenvalue weighted by Gasteiger charge is -2.19. The van der Waals surface area contributed by atoms with Crippen LogP contribution in [0.4, 0.5) is 0 Å². The third kappa shape index (κ3) is 4.05. The van der Waals surface area contributed by atoms with E-state index in [2.05, 4.69) is 50.4 Å². The van der Waals surface area contributed by atoms with Gasteiger partial charge >= 0.3 is 0 Å². The highest BCUT2D eigenvalue weighted by Crippen LogP contribution is 2.17. The van der Waals surface area contributed by atoms with Crippen LogP contribution in [0.25, 0.3) is 0 Å². The fourth-order valence-electron chi connectivity index (χ4n) is 1.94. The van der Waals surface area contributed by atoms with Crippen molar-refractivity contribution >= 4 is 0 Å². The lowest BCUT2D eigenvalue weighted by molar-refractivity contribution is 0.374. The average Bonchev–Trinajstić information content (AvgIpc) is 2.18. The maximum atomic E-state index is 3.25. The molecule has 0 radical (unpaired) electrons. The van der Waals surface area contributed by atoms with E-state index >= 15 is 0 Å². The normalized spacial score (nSPS) is 14.9. The van der Waals surface area contributed by atoms with Gasteiger partial charge in [0.1, 0.15) is 0 Å². The van der Waals surface area contributed by atoms with E-state index in [1.165, 1.54) is 17.5 Å². The van der Waals surface area contributed by atoms with E-state index in [1.54, 1.807) is 0 Å². The van der Waals surface area contributed by atoms with Crippen LogP contribution in [0.1, 0.15) is 25.0 Å². The molecule has 0 fully saturated rings. The predicted octanol–water partition coefficient (Wildman–Crippen LogP) is 3.03. The Morgan fingerprint density at radius 2 is 1.93 bits per heavy atom. The van der Waals surface area contributed by atoms with Gasteiger partial charge < -0.3 is 5.32 Å². The topological polar surface area (TPSA) is 12.0 Å². The van der Waals surface area contributed by atoms with Gasteiger partial charge in [0.25, 0.3) is 0 Å². The molecule has 1 N–H and O–H groups in total. The Labute approximate surface area is 93.9 Å². The molecular weight excluding hydrogens is 182 g/mol. The summed E-state index contributed by atoms with van der Waals surface area (Å²) in [4.78, 5) is 0. The van der Waals surface area contributed by atoms with E-state index in [0.29, 0.717) is 0 Å². The van der Waals surface area contributed by atoms with Crippen LogP contribution < -0.4 is 5.32 Å². The average molecular weight is 205 g/mol. The van der Waals surface area contributed by atoms with Crippen LogP contribution in [0.15, 0.2) is 24.3 Å². The molecule has 0 heterocycles. The maximum absolute atomic E-state index is 3.25. The first-order valence-electron chi connectivity index (χ1n) is 5.83. The van der Waals surface area contributed by atoms with Gasteiger partial charge in [-0.3, -0.25) is 0 Å². The first-order valence-corrected chi connectivity index (χ1v) is 5.83. The maximum Gasteiger partial charge on any atom is -0.00235 e. The number of aryl methyl sites for hydroxylation is 1. The van der Waals surface area contributed by atoms with Crippen molar-refractivity contribution in [1.82, 2.24) is 5.32 Å². The monoisotopic (exact) mass is 205 g/mol. The molecule has 0 saturated heterocycles. The van der Waals surface area contributed by atoms with E-state index in [-0.39, 0.29) is 0 Å². The van der Waals surface area contributed by atoms with Crippen molar-refractivity contribution in [2.24, 2.45) is 11.8 Å². The Balaban J connectivity index is 2.54. The van der Waals surface area contributed by atoms with Crippen LogP contribution in [0.3, 0.4) is 0 Å². The molecule has 0 bridgehead atoms. The molecule has 84 valence electrons. The molecule has 2 unspecified atom stereocenters. The molecular formula is C14H23N. The fraction of sp³-hybridized carbons (Fsp3) is 0.571. The molecule has 0 aliphatic heterocycles. The molecule has 0 amide bonds. The molecule has 0 aromatic heterocycles. The van der Waals surface area contributed by atoms with Crippen molar-refractivity contribution in [2.75, 3.05) is 13.6 Å². The lowest BCUT2D eigenvalue weighted by Crippen LogP contribution is -2.23. The lowest BCUT2D eigenvalue weighted by atomic mass is 9.89. The summed E-state index contributed by atoms with van der Waals surface area (Å²) in [7, 11) is 2.02.